The monoisotopic (exact) mass is 602 g/mol. The molecule has 1 atom stereocenters. The molecule has 43 heavy (non-hydrogen) atoms. The first-order valence-corrected chi connectivity index (χ1v) is 14.5. The zero-order valence-corrected chi connectivity index (χ0v) is 24.2. The van der Waals surface area contributed by atoms with Crippen molar-refractivity contribution in [1.29, 1.82) is 0 Å². The van der Waals surface area contributed by atoms with E-state index in [1.807, 2.05) is 29.8 Å². The smallest absolute Gasteiger partial charge is 0.330 e. The van der Waals surface area contributed by atoms with Crippen LogP contribution in [0.4, 0.5) is 27.6 Å². The molecule has 2 saturated carbocycles. The Kier molecular flexibility index (Phi) is 7.36. The van der Waals surface area contributed by atoms with E-state index in [0.717, 1.165) is 30.3 Å². The minimum absolute atomic E-state index is 0.000942. The van der Waals surface area contributed by atoms with Crippen LogP contribution < -0.4 is 10.6 Å². The molecule has 3 aromatic rings. The first kappa shape index (κ1) is 29.7. The summed E-state index contributed by atoms with van der Waals surface area (Å²) in [6.45, 7) is 0.382. The van der Waals surface area contributed by atoms with Crippen molar-refractivity contribution >= 4 is 11.6 Å². The van der Waals surface area contributed by atoms with Crippen LogP contribution in [0.25, 0.3) is 0 Å². The minimum atomic E-state index is -4.68. The third-order valence-corrected chi connectivity index (χ3v) is 9.60. The summed E-state index contributed by atoms with van der Waals surface area (Å²) >= 11 is 0. The quantitative estimate of drug-likeness (QED) is 0.347. The van der Waals surface area contributed by atoms with Crippen LogP contribution >= 0.6 is 0 Å². The number of fused-ring (bicyclic) bond motifs is 1. The van der Waals surface area contributed by atoms with Gasteiger partial charge in [-0.3, -0.25) is 9.69 Å². The second kappa shape index (κ2) is 10.7. The van der Waals surface area contributed by atoms with Crippen molar-refractivity contribution in [2.75, 3.05) is 18.5 Å². The Morgan fingerprint density at radius 3 is 2.53 bits per heavy atom. The van der Waals surface area contributed by atoms with Crippen molar-refractivity contribution in [3.8, 4) is 0 Å². The van der Waals surface area contributed by atoms with Gasteiger partial charge in [-0.25, -0.2) is 8.78 Å². The number of halogens is 5. The number of alkyl halides is 5. The first-order chi connectivity index (χ1) is 20.3. The number of nitrogens with two attached hydrogens (primary N) is 1. The van der Waals surface area contributed by atoms with E-state index in [1.54, 1.807) is 24.3 Å². The van der Waals surface area contributed by atoms with Gasteiger partial charge in [0.25, 0.3) is 5.91 Å². The molecule has 1 aliphatic heterocycles. The number of anilines is 1. The molecule has 2 aliphatic carbocycles. The van der Waals surface area contributed by atoms with Crippen LogP contribution in [0.3, 0.4) is 0 Å². The molecule has 7 nitrogen and oxygen atoms in total. The lowest BCUT2D eigenvalue weighted by Gasteiger charge is -2.48. The van der Waals surface area contributed by atoms with Gasteiger partial charge in [-0.2, -0.15) is 13.2 Å². The average Bonchev–Trinajstić information content (AvgIpc) is 3.61. The Hall–Kier alpha value is -3.38. The Morgan fingerprint density at radius 1 is 1.14 bits per heavy atom. The summed E-state index contributed by atoms with van der Waals surface area (Å²) < 4.78 is 72.4. The van der Waals surface area contributed by atoms with Gasteiger partial charge in [0.1, 0.15) is 12.2 Å². The molecule has 2 fully saturated rings. The van der Waals surface area contributed by atoms with Crippen LogP contribution in [0.15, 0.2) is 42.7 Å². The molecule has 0 radical (unpaired) electrons. The second-order valence-electron chi connectivity index (χ2n) is 12.6. The van der Waals surface area contributed by atoms with E-state index in [0.29, 0.717) is 24.6 Å². The lowest BCUT2D eigenvalue weighted by atomic mass is 9.57. The molecule has 2 aromatic carbocycles. The van der Waals surface area contributed by atoms with Crippen molar-refractivity contribution < 1.29 is 26.7 Å². The molecular formula is C31H35F5N6O. The number of carbonyl (C=O) groups excluding carboxylic acids is 1. The molecule has 6 rings (SSSR count). The number of benzene rings is 2. The predicted molar refractivity (Wildman–Crippen MR) is 151 cm³/mol. The lowest BCUT2D eigenvalue weighted by Crippen LogP contribution is -2.46. The normalized spacial score (nSPS) is 25.0. The van der Waals surface area contributed by atoms with Gasteiger partial charge in [0, 0.05) is 55.6 Å². The number of carbonyl (C=O) groups is 1. The molecule has 0 spiro atoms. The molecule has 0 saturated heterocycles. The van der Waals surface area contributed by atoms with Gasteiger partial charge in [-0.1, -0.05) is 12.1 Å². The summed E-state index contributed by atoms with van der Waals surface area (Å²) in [7, 11) is 3.52. The molecule has 3 aliphatic rings. The molecule has 12 heteroatoms. The molecule has 2 heterocycles. The van der Waals surface area contributed by atoms with E-state index in [-0.39, 0.29) is 54.5 Å². The van der Waals surface area contributed by atoms with Crippen molar-refractivity contribution in [3.63, 3.8) is 0 Å². The fourth-order valence-electron chi connectivity index (χ4n) is 7.21. The highest BCUT2D eigenvalue weighted by Gasteiger charge is 2.47. The Morgan fingerprint density at radius 2 is 1.91 bits per heavy atom. The number of aromatic nitrogens is 3. The number of aryl methyl sites for hydroxylation is 1. The maximum atomic E-state index is 14.3. The molecule has 2 N–H and O–H groups in total. The number of amides is 1. The van der Waals surface area contributed by atoms with Crippen molar-refractivity contribution in [2.24, 2.45) is 18.7 Å². The van der Waals surface area contributed by atoms with Gasteiger partial charge in [0.05, 0.1) is 12.1 Å². The van der Waals surface area contributed by atoms with Gasteiger partial charge < -0.3 is 15.2 Å². The molecule has 1 unspecified atom stereocenters. The Bertz CT molecular complexity index is 1530. The van der Waals surface area contributed by atoms with Gasteiger partial charge in [0.15, 0.2) is 0 Å². The van der Waals surface area contributed by atoms with Crippen molar-refractivity contribution in [3.05, 3.63) is 76.4 Å². The molecule has 0 bridgehead atoms. The molecule has 230 valence electrons. The second-order valence-corrected chi connectivity index (χ2v) is 12.6. The summed E-state index contributed by atoms with van der Waals surface area (Å²) in [4.78, 5) is 16.8. The standard InChI is InChI=1S/C31H35F5N6O/c1-40(23-6-7-30(32,33)13-23)16-19-8-24-25(26(9-19)31(34,35)36)17-42(28(24)43)22-5-3-4-21(10-22)29(11-20(12-29)15-37)14-27-39-38-18-41(27)2/h3-5,8-10,18,20,23H,6-7,11-17,37H2,1-2H3. The predicted octanol–water partition coefficient (Wildman–Crippen LogP) is 5.46. The van der Waals surface area contributed by atoms with E-state index in [9.17, 15) is 26.7 Å². The summed E-state index contributed by atoms with van der Waals surface area (Å²) in [5, 5.41) is 8.26. The van der Waals surface area contributed by atoms with Crippen molar-refractivity contribution in [2.45, 2.75) is 75.2 Å². The lowest BCUT2D eigenvalue weighted by molar-refractivity contribution is -0.138. The number of nitrogens with zero attached hydrogens (tertiary/aromatic N) is 5. The Labute approximate surface area is 246 Å². The van der Waals surface area contributed by atoms with Gasteiger partial charge in [0.2, 0.25) is 5.92 Å². The van der Waals surface area contributed by atoms with E-state index < -0.39 is 29.6 Å². The highest BCUT2D eigenvalue weighted by atomic mass is 19.4. The van der Waals surface area contributed by atoms with Gasteiger partial charge in [-0.15, -0.1) is 10.2 Å². The maximum Gasteiger partial charge on any atom is 0.416 e. The van der Waals surface area contributed by atoms with Crippen LogP contribution in [-0.4, -0.2) is 51.1 Å². The fraction of sp³-hybridized carbons (Fsp3) is 0.516. The average molecular weight is 603 g/mol. The van der Waals surface area contributed by atoms with Crippen LogP contribution in [-0.2, 0) is 38.1 Å². The van der Waals surface area contributed by atoms with Gasteiger partial charge in [-0.05, 0) is 79.7 Å². The van der Waals surface area contributed by atoms with E-state index in [2.05, 4.69) is 10.2 Å². The Balaban J connectivity index is 1.30. The number of rotatable bonds is 8. The van der Waals surface area contributed by atoms with Crippen molar-refractivity contribution in [1.82, 2.24) is 19.7 Å². The maximum absolute atomic E-state index is 14.3. The molecule has 1 amide bonds. The summed E-state index contributed by atoms with van der Waals surface area (Å²) in [5.41, 5.74) is 6.53. The zero-order valence-electron chi connectivity index (χ0n) is 24.2. The van der Waals surface area contributed by atoms with Crippen LogP contribution in [0.1, 0.15) is 70.5 Å². The van der Waals surface area contributed by atoms with E-state index in [4.69, 9.17) is 5.73 Å². The summed E-state index contributed by atoms with van der Waals surface area (Å²) in [6, 6.07) is 9.58. The number of hydrogen-bond donors (Lipinski definition) is 1. The first-order valence-electron chi connectivity index (χ1n) is 14.5. The van der Waals surface area contributed by atoms with Crippen LogP contribution in [0, 0.1) is 5.92 Å². The number of hydrogen-bond acceptors (Lipinski definition) is 5. The highest BCUT2D eigenvalue weighted by Crippen LogP contribution is 2.50. The third kappa shape index (κ3) is 5.55. The molecular weight excluding hydrogens is 567 g/mol. The fourth-order valence-corrected chi connectivity index (χ4v) is 7.21. The highest BCUT2D eigenvalue weighted by molar-refractivity contribution is 6.10. The largest absolute Gasteiger partial charge is 0.416 e. The van der Waals surface area contributed by atoms with E-state index in [1.165, 1.54) is 11.0 Å². The topological polar surface area (TPSA) is 80.3 Å². The SMILES string of the molecule is CN(Cc1cc2c(c(C(F)(F)F)c1)CN(c1cccc(C3(Cc4nncn4C)CC(CN)C3)c1)C2=O)C1CCC(F)(F)C1. The van der Waals surface area contributed by atoms with Crippen LogP contribution in [0.2, 0.25) is 0 Å². The van der Waals surface area contributed by atoms with E-state index >= 15 is 0 Å². The summed E-state index contributed by atoms with van der Waals surface area (Å²) in [5.74, 6) is -2.11. The summed E-state index contributed by atoms with van der Waals surface area (Å²) in [6.07, 6.45) is -1.04. The van der Waals surface area contributed by atoms with Gasteiger partial charge >= 0.3 is 6.18 Å². The zero-order chi connectivity index (χ0) is 30.7. The third-order valence-electron chi connectivity index (χ3n) is 9.60. The van der Waals surface area contributed by atoms with Crippen LogP contribution in [0.5, 0.6) is 0 Å². The minimum Gasteiger partial charge on any atom is -0.330 e. The molecule has 1 aromatic heterocycles.